The second kappa shape index (κ2) is 8.01. The number of ether oxygens (including phenoxy) is 1. The van der Waals surface area contributed by atoms with Crippen LogP contribution in [0.5, 0.6) is 0 Å². The van der Waals surface area contributed by atoms with Crippen molar-refractivity contribution < 1.29 is 17.9 Å². The summed E-state index contributed by atoms with van der Waals surface area (Å²) in [6, 6.07) is 9.66. The van der Waals surface area contributed by atoms with Crippen LogP contribution < -0.4 is 10.6 Å². The van der Waals surface area contributed by atoms with Gasteiger partial charge >= 0.3 is 6.30 Å². The number of rotatable bonds is 4. The summed E-state index contributed by atoms with van der Waals surface area (Å²) >= 11 is 0. The predicted molar refractivity (Wildman–Crippen MR) is 88.6 cm³/mol. The fourth-order valence-electron chi connectivity index (χ4n) is 3.40. The van der Waals surface area contributed by atoms with E-state index in [-0.39, 0.29) is 31.9 Å². The molecule has 0 bridgehead atoms. The first-order chi connectivity index (χ1) is 11.9. The molecular formula is C17H25F3N4O. The molecule has 2 saturated heterocycles. The number of benzene rings is 1. The van der Waals surface area contributed by atoms with Crippen LogP contribution in [0.15, 0.2) is 30.3 Å². The summed E-state index contributed by atoms with van der Waals surface area (Å²) in [5.74, 6) is 0. The van der Waals surface area contributed by atoms with E-state index in [2.05, 4.69) is 15.5 Å². The number of hydrogen-bond acceptors (Lipinski definition) is 5. The first-order valence-electron chi connectivity index (χ1n) is 8.63. The summed E-state index contributed by atoms with van der Waals surface area (Å²) in [5, 5.41) is 6.53. The molecule has 25 heavy (non-hydrogen) atoms. The number of nitrogens with one attached hydrogen (secondary N) is 2. The van der Waals surface area contributed by atoms with Gasteiger partial charge < -0.3 is 10.1 Å². The van der Waals surface area contributed by atoms with Crippen LogP contribution in [0.4, 0.5) is 13.2 Å². The Bertz CT molecular complexity index is 542. The van der Waals surface area contributed by atoms with Crippen LogP contribution in [-0.2, 0) is 11.3 Å². The van der Waals surface area contributed by atoms with Crippen molar-refractivity contribution in [3.8, 4) is 0 Å². The summed E-state index contributed by atoms with van der Waals surface area (Å²) < 4.78 is 45.7. The van der Waals surface area contributed by atoms with Crippen LogP contribution in [0.3, 0.4) is 0 Å². The van der Waals surface area contributed by atoms with Gasteiger partial charge in [-0.25, -0.2) is 4.90 Å². The first kappa shape index (κ1) is 18.6. The highest BCUT2D eigenvalue weighted by molar-refractivity contribution is 5.13. The molecule has 1 aromatic rings. The highest BCUT2D eigenvalue weighted by Gasteiger charge is 2.44. The molecule has 0 saturated carbocycles. The van der Waals surface area contributed by atoms with E-state index in [1.807, 2.05) is 37.3 Å². The number of hydrogen-bond donors (Lipinski definition) is 2. The van der Waals surface area contributed by atoms with E-state index in [1.54, 1.807) is 0 Å². The van der Waals surface area contributed by atoms with Crippen molar-refractivity contribution in [3.05, 3.63) is 35.9 Å². The highest BCUT2D eigenvalue weighted by Crippen LogP contribution is 2.25. The molecule has 2 aliphatic heterocycles. The molecule has 2 fully saturated rings. The lowest BCUT2D eigenvalue weighted by atomic mass is 10.1. The molecule has 0 radical (unpaired) electrons. The molecule has 0 amide bonds. The summed E-state index contributed by atoms with van der Waals surface area (Å²) in [5.41, 5.74) is 0.945. The molecule has 2 unspecified atom stereocenters. The third-order valence-corrected chi connectivity index (χ3v) is 4.76. The van der Waals surface area contributed by atoms with Gasteiger partial charge in [0.1, 0.15) is 6.23 Å². The van der Waals surface area contributed by atoms with E-state index in [9.17, 15) is 13.2 Å². The van der Waals surface area contributed by atoms with E-state index in [0.29, 0.717) is 4.90 Å². The average molecular weight is 358 g/mol. The minimum absolute atomic E-state index is 0.0843. The zero-order valence-electron chi connectivity index (χ0n) is 14.3. The van der Waals surface area contributed by atoms with Crippen molar-refractivity contribution in [2.24, 2.45) is 0 Å². The fraction of sp³-hybridized carbons (Fsp3) is 0.647. The van der Waals surface area contributed by atoms with Gasteiger partial charge in [-0.1, -0.05) is 30.3 Å². The van der Waals surface area contributed by atoms with Gasteiger partial charge in [-0.15, -0.1) is 0 Å². The Morgan fingerprint density at radius 2 is 1.96 bits per heavy atom. The van der Waals surface area contributed by atoms with Gasteiger partial charge in [-0.2, -0.15) is 13.2 Å². The normalized spacial score (nSPS) is 29.7. The molecule has 5 nitrogen and oxygen atoms in total. The molecule has 1 aromatic carbocycles. The molecule has 2 aliphatic rings. The predicted octanol–water partition coefficient (Wildman–Crippen LogP) is 1.57. The first-order valence-corrected chi connectivity index (χ1v) is 8.63. The standard InChI is InChI=1S/C17H25F3N4O/c1-13-9-21-7-8-24(13)15-10-23(17(18,19)20)11-16(22-15)25-12-14-5-3-2-4-6-14/h2-6,13,15-16,21-22H,7-12H2,1H3/t13-,15?,16?/m0/s1. The number of halogens is 3. The highest BCUT2D eigenvalue weighted by atomic mass is 19.4. The third-order valence-electron chi connectivity index (χ3n) is 4.76. The molecule has 8 heteroatoms. The molecule has 0 spiro atoms. The van der Waals surface area contributed by atoms with Crippen molar-refractivity contribution in [2.75, 3.05) is 32.7 Å². The van der Waals surface area contributed by atoms with Gasteiger partial charge in [-0.3, -0.25) is 10.2 Å². The number of nitrogens with zero attached hydrogens (tertiary/aromatic N) is 2. The van der Waals surface area contributed by atoms with Crippen LogP contribution >= 0.6 is 0 Å². The second-order valence-corrected chi connectivity index (χ2v) is 6.63. The van der Waals surface area contributed by atoms with Crippen LogP contribution in [0.25, 0.3) is 0 Å². The summed E-state index contributed by atoms with van der Waals surface area (Å²) in [7, 11) is 0. The number of alkyl halides is 3. The fourth-order valence-corrected chi connectivity index (χ4v) is 3.40. The molecule has 140 valence electrons. The monoisotopic (exact) mass is 358 g/mol. The average Bonchev–Trinajstić information content (AvgIpc) is 2.60. The van der Waals surface area contributed by atoms with Gasteiger partial charge in [0.15, 0.2) is 0 Å². The third kappa shape index (κ3) is 4.92. The maximum atomic E-state index is 13.3. The molecule has 0 aliphatic carbocycles. The van der Waals surface area contributed by atoms with E-state index < -0.39 is 12.5 Å². The minimum Gasteiger partial charge on any atom is -0.357 e. The van der Waals surface area contributed by atoms with Crippen molar-refractivity contribution in [2.45, 2.75) is 38.3 Å². The Balaban J connectivity index is 1.67. The van der Waals surface area contributed by atoms with E-state index in [4.69, 9.17) is 4.74 Å². The second-order valence-electron chi connectivity index (χ2n) is 6.63. The van der Waals surface area contributed by atoms with Gasteiger partial charge in [0, 0.05) is 38.8 Å². The van der Waals surface area contributed by atoms with Crippen LogP contribution in [-0.4, -0.2) is 67.3 Å². The smallest absolute Gasteiger partial charge is 0.357 e. The lowest BCUT2D eigenvalue weighted by Crippen LogP contribution is -2.69. The molecule has 2 heterocycles. The van der Waals surface area contributed by atoms with E-state index >= 15 is 0 Å². The largest absolute Gasteiger partial charge is 0.460 e. The van der Waals surface area contributed by atoms with Crippen LogP contribution in [0, 0.1) is 0 Å². The SMILES string of the molecule is C[C@H]1CNCCN1C1CN(C(F)(F)F)CC(OCc2ccccc2)N1. The zero-order valence-corrected chi connectivity index (χ0v) is 14.3. The quantitative estimate of drug-likeness (QED) is 0.800. The minimum atomic E-state index is -4.36. The summed E-state index contributed by atoms with van der Waals surface area (Å²) in [6.45, 7) is 4.31. The van der Waals surface area contributed by atoms with E-state index in [0.717, 1.165) is 25.2 Å². The Kier molecular flexibility index (Phi) is 5.96. The van der Waals surface area contributed by atoms with Crippen LogP contribution in [0.1, 0.15) is 12.5 Å². The van der Waals surface area contributed by atoms with Crippen molar-refractivity contribution in [1.82, 2.24) is 20.4 Å². The van der Waals surface area contributed by atoms with Crippen molar-refractivity contribution >= 4 is 0 Å². The van der Waals surface area contributed by atoms with Gasteiger partial charge in [0.05, 0.1) is 12.8 Å². The lowest BCUT2D eigenvalue weighted by molar-refractivity contribution is -0.269. The lowest BCUT2D eigenvalue weighted by Gasteiger charge is -2.47. The van der Waals surface area contributed by atoms with E-state index in [1.165, 1.54) is 0 Å². The zero-order chi connectivity index (χ0) is 17.9. The molecular weight excluding hydrogens is 333 g/mol. The molecule has 3 rings (SSSR count). The Morgan fingerprint density at radius 1 is 1.20 bits per heavy atom. The van der Waals surface area contributed by atoms with Gasteiger partial charge in [0.25, 0.3) is 0 Å². The van der Waals surface area contributed by atoms with Crippen molar-refractivity contribution in [3.63, 3.8) is 0 Å². The molecule has 3 atom stereocenters. The Hall–Kier alpha value is -1.19. The maximum absolute atomic E-state index is 13.3. The Morgan fingerprint density at radius 3 is 2.64 bits per heavy atom. The van der Waals surface area contributed by atoms with Gasteiger partial charge in [0.2, 0.25) is 0 Å². The molecule has 2 N–H and O–H groups in total. The van der Waals surface area contributed by atoms with Gasteiger partial charge in [-0.05, 0) is 12.5 Å². The summed E-state index contributed by atoms with van der Waals surface area (Å²) in [6.07, 6.45) is -5.40. The van der Waals surface area contributed by atoms with Crippen LogP contribution in [0.2, 0.25) is 0 Å². The number of piperazine rings is 2. The Labute approximate surface area is 146 Å². The van der Waals surface area contributed by atoms with Crippen molar-refractivity contribution in [1.29, 1.82) is 0 Å². The molecule has 0 aromatic heterocycles. The maximum Gasteiger partial charge on any atom is 0.460 e. The topological polar surface area (TPSA) is 39.8 Å². The summed E-state index contributed by atoms with van der Waals surface area (Å²) in [4.78, 5) is 2.64.